The molecule has 6 aliphatic heterocycles. The molecule has 6 aliphatic rings. The quantitative estimate of drug-likeness (QED) is 0.0640. The van der Waals surface area contributed by atoms with Gasteiger partial charge in [-0.15, -0.1) is 0 Å². The second-order valence-electron chi connectivity index (χ2n) is 31.4. The van der Waals surface area contributed by atoms with Crippen LogP contribution in [0.3, 0.4) is 0 Å². The summed E-state index contributed by atoms with van der Waals surface area (Å²) in [6.07, 6.45) is 1.96. The topological polar surface area (TPSA) is 367 Å². The number of aryl methyl sites for hydroxylation is 2. The number of nitrogens with zero attached hydrogens (tertiary/aromatic N) is 5. The van der Waals surface area contributed by atoms with Crippen molar-refractivity contribution in [2.45, 2.75) is 210 Å². The van der Waals surface area contributed by atoms with Crippen LogP contribution in [0.2, 0.25) is 0 Å². The monoisotopic (exact) mass is 1590 g/mol. The van der Waals surface area contributed by atoms with Crippen molar-refractivity contribution in [3.05, 3.63) is 142 Å². The van der Waals surface area contributed by atoms with Crippen molar-refractivity contribution in [3.63, 3.8) is 0 Å². The van der Waals surface area contributed by atoms with Crippen LogP contribution >= 0.6 is 0 Å². The lowest BCUT2D eigenvalue weighted by molar-refractivity contribution is -0.148. The summed E-state index contributed by atoms with van der Waals surface area (Å²) in [5.41, 5.74) is 4.00. The van der Waals surface area contributed by atoms with Gasteiger partial charge in [-0.2, -0.15) is 0 Å². The van der Waals surface area contributed by atoms with Crippen molar-refractivity contribution < 1.29 is 81.2 Å². The molecule has 0 radical (unpaired) electrons. The molecule has 0 unspecified atom stereocenters. The number of nitrogens with one attached hydrogen (secondary N) is 8. The van der Waals surface area contributed by atoms with Crippen LogP contribution < -0.4 is 42.5 Å². The van der Waals surface area contributed by atoms with Crippen LogP contribution in [0.4, 0.5) is 4.39 Å². The van der Waals surface area contributed by atoms with Gasteiger partial charge in [-0.3, -0.25) is 57.5 Å². The summed E-state index contributed by atoms with van der Waals surface area (Å²) in [5.74, 6) is -10.6. The summed E-state index contributed by atoms with van der Waals surface area (Å²) in [5, 5.41) is 34.4. The number of Topliss-reactive ketones (excluding diaryl/α,β-unsaturated/α-hetero) is 1. The first kappa shape index (κ1) is 87.4. The average molecular weight is 1590 g/mol. The van der Waals surface area contributed by atoms with Crippen molar-refractivity contribution >= 4 is 81.7 Å². The maximum absolute atomic E-state index is 16.3. The van der Waals surface area contributed by atoms with E-state index in [9.17, 15) is 33.9 Å². The highest BCUT2D eigenvalue weighted by Crippen LogP contribution is 2.34. The zero-order valence-electron chi connectivity index (χ0n) is 67.0. The Balaban J connectivity index is 1.06. The van der Waals surface area contributed by atoms with Gasteiger partial charge in [0.15, 0.2) is 5.78 Å². The van der Waals surface area contributed by atoms with E-state index in [1.54, 1.807) is 48.4 Å². The zero-order valence-corrected chi connectivity index (χ0v) is 67.0. The minimum absolute atomic E-state index is 0.0299. The molecule has 7 heterocycles. The standard InChI is InChI=1S/C85H114FN13O16/c1-7-56-17-21-58(22-18-56)44-67-83(111)99-37-13-32-85(99,4)84(112)87-33-29-57-19-23-59(24-20-57)51-97-36-11-9-8-10-35-96-52-63(65-48-64(86)25-26-69(65)96)46-62-47-70(101)66(91-79(107)68(93-78(106)54(2)90-73(103)27-28-75(97)105)50-89-72(102)31-40-114-42-41-113-39-14-34-95(5)6)45-60-15-12-16-61(43-60)49-88-74(104)53-115-71-30-38-98(82(62)110)77(71)81(109)94-76(55(3)100)80(108)92-67/h12,15-26,43,48,52,54-55,62,66-68,71,76-77,100H,7-11,13-14,27-42,44-47,49-51,53H2,1-6H3,(H,87,112)(H,88,104)(H,89,102)(H,90,103)(H,91,107)(H,92,108)(H,93,106)(H,94,109)/t54-,55+,62+,66-,67-,68+,71-,76-,77-,85-/m0/s1. The Kier molecular flexibility index (Phi) is 31.9. The molecular weight excluding hydrogens is 1480 g/mol. The Morgan fingerprint density at radius 1 is 0.696 bits per heavy atom. The highest BCUT2D eigenvalue weighted by molar-refractivity contribution is 6.00. The molecule has 4 aromatic carbocycles. The van der Waals surface area contributed by atoms with Gasteiger partial charge < -0.3 is 86.0 Å². The molecule has 0 aliphatic carbocycles. The van der Waals surface area contributed by atoms with Gasteiger partial charge >= 0.3 is 0 Å². The third-order valence-electron chi connectivity index (χ3n) is 22.3. The van der Waals surface area contributed by atoms with Crippen LogP contribution in [-0.2, 0) is 123 Å². The Labute approximate surface area is 671 Å². The molecule has 11 amide bonds. The highest BCUT2D eigenvalue weighted by atomic mass is 19.1. The van der Waals surface area contributed by atoms with Crippen molar-refractivity contribution in [3.8, 4) is 0 Å². The Morgan fingerprint density at radius 3 is 2.17 bits per heavy atom. The average Bonchev–Trinajstić information content (AvgIpc) is 1.66. The fourth-order valence-corrected chi connectivity index (χ4v) is 15.7. The molecule has 1 aromatic heterocycles. The number of fused-ring (bicyclic) bond motifs is 16. The number of aliphatic hydroxyl groups is 1. The van der Waals surface area contributed by atoms with Crippen molar-refractivity contribution in [2.75, 3.05) is 86.4 Å². The number of benzene rings is 4. The van der Waals surface area contributed by atoms with E-state index >= 15 is 33.2 Å². The molecular formula is C85H114FN13O16. The molecule has 2 saturated heterocycles. The number of hydrogen-bond donors (Lipinski definition) is 9. The molecule has 0 saturated carbocycles. The molecule has 115 heavy (non-hydrogen) atoms. The van der Waals surface area contributed by atoms with E-state index in [4.69, 9.17) is 14.2 Å². The second kappa shape index (κ2) is 42.0. The molecule has 30 heteroatoms. The predicted molar refractivity (Wildman–Crippen MR) is 425 cm³/mol. The number of amides is 11. The van der Waals surface area contributed by atoms with Gasteiger partial charge in [-0.1, -0.05) is 92.6 Å². The summed E-state index contributed by atoms with van der Waals surface area (Å²) in [4.78, 5) is 185. The van der Waals surface area contributed by atoms with Crippen molar-refractivity contribution in [1.29, 1.82) is 0 Å². The molecule has 9 N–H and O–H groups in total. The number of ketones is 1. The second-order valence-corrected chi connectivity index (χ2v) is 31.4. The van der Waals surface area contributed by atoms with Crippen molar-refractivity contribution in [2.24, 2.45) is 5.92 Å². The minimum Gasteiger partial charge on any atom is -0.391 e. The first-order chi connectivity index (χ1) is 55.2. The van der Waals surface area contributed by atoms with Crippen LogP contribution in [0.5, 0.6) is 0 Å². The van der Waals surface area contributed by atoms with E-state index in [1.165, 1.54) is 35.8 Å². The van der Waals surface area contributed by atoms with Gasteiger partial charge in [0, 0.05) is 114 Å². The number of carbonyl (C=O) groups excluding carboxylic acids is 12. The van der Waals surface area contributed by atoms with E-state index in [1.807, 2.05) is 79.0 Å². The Bertz CT molecular complexity index is 4250. The van der Waals surface area contributed by atoms with Gasteiger partial charge in [0.1, 0.15) is 48.2 Å². The van der Waals surface area contributed by atoms with E-state index in [0.29, 0.717) is 91.4 Å². The third-order valence-corrected chi connectivity index (χ3v) is 22.3. The third kappa shape index (κ3) is 24.5. The first-order valence-electron chi connectivity index (χ1n) is 40.6. The lowest BCUT2D eigenvalue weighted by atomic mass is 9.88. The summed E-state index contributed by atoms with van der Waals surface area (Å²) in [6.45, 7) is 7.89. The van der Waals surface area contributed by atoms with Gasteiger partial charge in [-0.05, 0) is 163 Å². The lowest BCUT2D eigenvalue weighted by Crippen LogP contribution is -2.63. The SMILES string of the molecule is CCc1ccc(C[C@@H]2NC(=O)[C@H]([C@@H](C)O)NC(=O)[C@@H]3[C@@H]4CCN3C(=O)[C@H]3CC(=O)[C@H](Cc5cccc(c5)CNC(=O)CO4)NC(=O)[C@@H](CNC(=O)CCOCCOCCCN(C)C)NC(=O)[C@H](C)NC(=O)CCC(=O)N(CCCCCCn4cc(c5cc(F)ccc54)C3)Cc3ccc(cc3)CCNC(=O)[C@]3(C)CCCN3C2=O)cc1. The minimum atomic E-state index is -1.83. The van der Waals surface area contributed by atoms with Crippen LogP contribution in [0, 0.1) is 11.7 Å². The number of rotatable bonds is 16. The summed E-state index contributed by atoms with van der Waals surface area (Å²) in [7, 11) is 3.93. The number of aliphatic hydroxyl groups excluding tert-OH is 1. The lowest BCUT2D eigenvalue weighted by Gasteiger charge is -2.37. The molecule has 2 fully saturated rings. The van der Waals surface area contributed by atoms with E-state index in [-0.39, 0.29) is 110 Å². The van der Waals surface area contributed by atoms with E-state index < -0.39 is 150 Å². The van der Waals surface area contributed by atoms with E-state index in [2.05, 4.69) is 42.5 Å². The van der Waals surface area contributed by atoms with Crippen LogP contribution in [0.25, 0.3) is 10.9 Å². The molecule has 5 aromatic rings. The fourth-order valence-electron chi connectivity index (χ4n) is 15.7. The Morgan fingerprint density at radius 2 is 1.42 bits per heavy atom. The molecule has 12 bridgehead atoms. The number of hydrogen-bond acceptors (Lipinski definition) is 17. The normalized spacial score (nSPS) is 24.6. The fraction of sp³-hybridized carbons (Fsp3) is 0.553. The summed E-state index contributed by atoms with van der Waals surface area (Å²) in [6, 6.07) is 16.7. The van der Waals surface area contributed by atoms with Gasteiger partial charge in [0.25, 0.3) is 0 Å². The number of halogens is 1. The highest BCUT2D eigenvalue weighted by Gasteiger charge is 2.50. The maximum atomic E-state index is 16.3. The number of carbonyl (C=O) groups is 12. The molecule has 29 nitrogen and oxygen atoms in total. The molecule has 622 valence electrons. The predicted octanol–water partition coefficient (Wildman–Crippen LogP) is 3.31. The number of aromatic nitrogens is 1. The molecule has 11 rings (SSSR count). The summed E-state index contributed by atoms with van der Waals surface area (Å²) >= 11 is 0. The zero-order chi connectivity index (χ0) is 82.3. The van der Waals surface area contributed by atoms with Gasteiger partial charge in [0.05, 0.1) is 38.1 Å². The van der Waals surface area contributed by atoms with Crippen LogP contribution in [0.1, 0.15) is 144 Å². The molecule has 10 atom stereocenters. The first-order valence-corrected chi connectivity index (χ1v) is 40.6. The van der Waals surface area contributed by atoms with Crippen LogP contribution in [-0.4, -0.2) is 240 Å². The van der Waals surface area contributed by atoms with Gasteiger partial charge in [0.2, 0.25) is 65.0 Å². The van der Waals surface area contributed by atoms with Crippen molar-refractivity contribution in [1.82, 2.24) is 66.7 Å². The number of ether oxygens (including phenoxy) is 3. The largest absolute Gasteiger partial charge is 0.391 e. The summed E-state index contributed by atoms with van der Waals surface area (Å²) < 4.78 is 35.5. The maximum Gasteiger partial charge on any atom is 0.246 e. The Hall–Kier alpha value is -10.0. The molecule has 0 spiro atoms. The van der Waals surface area contributed by atoms with Crippen LogP contribution in [0.15, 0.2) is 97.2 Å². The smallest absolute Gasteiger partial charge is 0.246 e. The van der Waals surface area contributed by atoms with Gasteiger partial charge in [-0.25, -0.2) is 4.39 Å². The van der Waals surface area contributed by atoms with E-state index in [0.717, 1.165) is 36.1 Å².